The molecule has 0 fully saturated rings. The number of carbonyl (C=O) groups is 1. The Kier molecular flexibility index (Phi) is 8.17. The van der Waals surface area contributed by atoms with Gasteiger partial charge in [0.15, 0.2) is 0 Å². The molecule has 0 spiro atoms. The van der Waals surface area contributed by atoms with E-state index in [1.807, 2.05) is 20.9 Å². The Morgan fingerprint density at radius 2 is 2.29 bits per heavy atom. The van der Waals surface area contributed by atoms with Gasteiger partial charge in [-0.25, -0.2) is 0 Å². The highest BCUT2D eigenvalue weighted by molar-refractivity contribution is 5.87. The normalized spacial score (nSPS) is 15.9. The van der Waals surface area contributed by atoms with Crippen molar-refractivity contribution in [3.05, 3.63) is 12.2 Å². The second-order valence-corrected chi connectivity index (χ2v) is 2.61. The van der Waals surface area contributed by atoms with E-state index in [2.05, 4.69) is 5.32 Å². The molecule has 0 aromatic rings. The van der Waals surface area contributed by atoms with Gasteiger partial charge in [0, 0.05) is 19.2 Å². The van der Waals surface area contributed by atoms with Crippen LogP contribution in [-0.2, 0) is 9.53 Å². The van der Waals surface area contributed by atoms with Crippen LogP contribution in [0.4, 0.5) is 0 Å². The smallest absolute Gasteiger partial charge is 0.248 e. The molecule has 4 nitrogen and oxygen atoms in total. The van der Waals surface area contributed by atoms with Crippen LogP contribution >= 0.6 is 0 Å². The third-order valence-corrected chi connectivity index (χ3v) is 1.67. The average Bonchev–Trinajstić information content (AvgIpc) is 2.43. The van der Waals surface area contributed by atoms with E-state index in [1.165, 1.54) is 0 Å². The summed E-state index contributed by atoms with van der Waals surface area (Å²) in [6, 6.07) is 0. The summed E-state index contributed by atoms with van der Waals surface area (Å²) in [5.41, 5.74) is 0. The molecule has 1 N–H and O–H groups in total. The van der Waals surface area contributed by atoms with Gasteiger partial charge in [-0.3, -0.25) is 4.79 Å². The Morgan fingerprint density at radius 3 is 2.93 bits per heavy atom. The number of hydrogen-bond donors (Lipinski definition) is 1. The van der Waals surface area contributed by atoms with Gasteiger partial charge < -0.3 is 15.0 Å². The second kappa shape index (κ2) is 8.72. The van der Waals surface area contributed by atoms with Crippen LogP contribution in [0.5, 0.6) is 0 Å². The van der Waals surface area contributed by atoms with Gasteiger partial charge >= 0.3 is 0 Å². The number of amides is 1. The van der Waals surface area contributed by atoms with Crippen LogP contribution in [0.1, 0.15) is 13.8 Å². The van der Waals surface area contributed by atoms with Gasteiger partial charge in [-0.1, -0.05) is 19.9 Å². The van der Waals surface area contributed by atoms with E-state index in [9.17, 15) is 4.79 Å². The van der Waals surface area contributed by atoms with E-state index in [4.69, 9.17) is 4.74 Å². The van der Waals surface area contributed by atoms with Gasteiger partial charge in [0.1, 0.15) is 6.73 Å². The lowest BCUT2D eigenvalue weighted by atomic mass is 10.4. The van der Waals surface area contributed by atoms with Crippen molar-refractivity contribution in [2.45, 2.75) is 13.8 Å². The number of likely N-dealkylation sites (N-methyl/N-ethyl adjacent to an activating group) is 1. The molecule has 1 heterocycles. The largest absolute Gasteiger partial charge is 0.357 e. The maximum absolute atomic E-state index is 11.3. The van der Waals surface area contributed by atoms with E-state index >= 15 is 0 Å². The van der Waals surface area contributed by atoms with Crippen molar-refractivity contribution in [3.8, 4) is 0 Å². The fourth-order valence-corrected chi connectivity index (χ4v) is 0.970. The lowest BCUT2D eigenvalue weighted by Gasteiger charge is -2.18. The molecule has 1 rings (SSSR count). The SMILES string of the molecule is CC.CNCCN1COCC=CC1=O. The van der Waals surface area contributed by atoms with Crippen LogP contribution in [0.15, 0.2) is 12.2 Å². The molecule has 0 aromatic heterocycles. The highest BCUT2D eigenvalue weighted by atomic mass is 16.5. The molecule has 0 saturated heterocycles. The molecular weight excluding hydrogens is 180 g/mol. The van der Waals surface area contributed by atoms with Gasteiger partial charge in [-0.05, 0) is 7.05 Å². The van der Waals surface area contributed by atoms with Crippen LogP contribution in [0, 0.1) is 0 Å². The zero-order valence-corrected chi connectivity index (χ0v) is 9.25. The zero-order valence-electron chi connectivity index (χ0n) is 9.25. The summed E-state index contributed by atoms with van der Waals surface area (Å²) >= 11 is 0. The zero-order chi connectivity index (χ0) is 10.8. The topological polar surface area (TPSA) is 41.6 Å². The summed E-state index contributed by atoms with van der Waals surface area (Å²) < 4.78 is 5.17. The van der Waals surface area contributed by atoms with Crippen LogP contribution in [0.2, 0.25) is 0 Å². The molecule has 1 amide bonds. The predicted molar refractivity (Wildman–Crippen MR) is 56.9 cm³/mol. The first-order chi connectivity index (χ1) is 6.84. The summed E-state index contributed by atoms with van der Waals surface area (Å²) in [6.45, 7) is 6.41. The van der Waals surface area contributed by atoms with Crippen LogP contribution in [0.25, 0.3) is 0 Å². The van der Waals surface area contributed by atoms with Crippen LogP contribution in [0.3, 0.4) is 0 Å². The fourth-order valence-electron chi connectivity index (χ4n) is 0.970. The number of carbonyl (C=O) groups excluding carboxylic acids is 1. The van der Waals surface area contributed by atoms with Crippen molar-refractivity contribution < 1.29 is 9.53 Å². The minimum atomic E-state index is 0.0303. The van der Waals surface area contributed by atoms with Crippen molar-refractivity contribution in [2.24, 2.45) is 0 Å². The summed E-state index contributed by atoms with van der Waals surface area (Å²) in [5, 5.41) is 2.98. The number of nitrogens with zero attached hydrogens (tertiary/aromatic N) is 1. The van der Waals surface area contributed by atoms with E-state index in [-0.39, 0.29) is 5.91 Å². The first kappa shape index (κ1) is 13.1. The third kappa shape index (κ3) is 4.99. The standard InChI is InChI=1S/C8H14N2O2.C2H6/c1-9-4-5-10-7-12-6-2-3-8(10)11;1-2/h2-3,9H,4-7H2,1H3;1-2H3. The first-order valence-electron chi connectivity index (χ1n) is 5.02. The molecule has 0 unspecified atom stereocenters. The first-order valence-corrected chi connectivity index (χ1v) is 5.02. The maximum atomic E-state index is 11.3. The molecule has 1 aliphatic heterocycles. The van der Waals surface area contributed by atoms with Crippen molar-refractivity contribution in [3.63, 3.8) is 0 Å². The van der Waals surface area contributed by atoms with Crippen molar-refractivity contribution >= 4 is 5.91 Å². The minimum absolute atomic E-state index is 0.0303. The van der Waals surface area contributed by atoms with Crippen molar-refractivity contribution in [1.29, 1.82) is 0 Å². The summed E-state index contributed by atoms with van der Waals surface area (Å²) in [4.78, 5) is 12.9. The molecule has 1 aliphatic rings. The third-order valence-electron chi connectivity index (χ3n) is 1.67. The van der Waals surface area contributed by atoms with Crippen LogP contribution < -0.4 is 5.32 Å². The Balaban J connectivity index is 0.000000791. The highest BCUT2D eigenvalue weighted by Gasteiger charge is 2.11. The minimum Gasteiger partial charge on any atom is -0.357 e. The van der Waals surface area contributed by atoms with Gasteiger partial charge in [-0.2, -0.15) is 0 Å². The van der Waals surface area contributed by atoms with Gasteiger partial charge in [0.2, 0.25) is 5.91 Å². The maximum Gasteiger partial charge on any atom is 0.248 e. The fraction of sp³-hybridized carbons (Fsp3) is 0.700. The quantitative estimate of drug-likeness (QED) is 0.725. The van der Waals surface area contributed by atoms with Crippen LogP contribution in [-0.4, -0.2) is 44.3 Å². The Morgan fingerprint density at radius 1 is 1.57 bits per heavy atom. The van der Waals surface area contributed by atoms with E-state index < -0.39 is 0 Å². The molecule has 0 saturated carbocycles. The Hall–Kier alpha value is -0.870. The van der Waals surface area contributed by atoms with Gasteiger partial charge in [0.05, 0.1) is 6.61 Å². The molecular formula is C10H20N2O2. The molecule has 82 valence electrons. The lowest BCUT2D eigenvalue weighted by Crippen LogP contribution is -2.35. The Labute approximate surface area is 85.9 Å². The lowest BCUT2D eigenvalue weighted by molar-refractivity contribution is -0.130. The number of ether oxygens (including phenoxy) is 1. The molecule has 0 radical (unpaired) electrons. The molecule has 4 heteroatoms. The van der Waals surface area contributed by atoms with E-state index in [1.54, 1.807) is 17.1 Å². The van der Waals surface area contributed by atoms with E-state index in [0.717, 1.165) is 6.54 Å². The van der Waals surface area contributed by atoms with E-state index in [0.29, 0.717) is 19.9 Å². The molecule has 0 aromatic carbocycles. The number of nitrogens with one attached hydrogen (secondary N) is 1. The molecule has 0 aliphatic carbocycles. The monoisotopic (exact) mass is 200 g/mol. The van der Waals surface area contributed by atoms with Gasteiger partial charge in [0.25, 0.3) is 0 Å². The Bertz CT molecular complexity index is 181. The highest BCUT2D eigenvalue weighted by Crippen LogP contribution is 1.96. The van der Waals surface area contributed by atoms with Gasteiger partial charge in [-0.15, -0.1) is 0 Å². The van der Waals surface area contributed by atoms with Crippen molar-refractivity contribution in [2.75, 3.05) is 33.5 Å². The summed E-state index contributed by atoms with van der Waals surface area (Å²) in [6.07, 6.45) is 3.30. The summed E-state index contributed by atoms with van der Waals surface area (Å²) in [7, 11) is 1.86. The predicted octanol–water partition coefficient (Wildman–Crippen LogP) is 0.604. The molecule has 0 atom stereocenters. The number of rotatable bonds is 3. The number of hydrogen-bond acceptors (Lipinski definition) is 3. The average molecular weight is 200 g/mol. The molecule has 14 heavy (non-hydrogen) atoms. The molecule has 0 bridgehead atoms. The second-order valence-electron chi connectivity index (χ2n) is 2.61. The van der Waals surface area contributed by atoms with Crippen molar-refractivity contribution in [1.82, 2.24) is 10.2 Å². The summed E-state index contributed by atoms with van der Waals surface area (Å²) in [5.74, 6) is 0.0303.